The highest BCUT2D eigenvalue weighted by atomic mass is 16.5. The summed E-state index contributed by atoms with van der Waals surface area (Å²) in [4.78, 5) is 15.2. The summed E-state index contributed by atoms with van der Waals surface area (Å²) in [5.41, 5.74) is 0.277. The first-order valence-electron chi connectivity index (χ1n) is 5.34. The third-order valence-corrected chi connectivity index (χ3v) is 2.37. The predicted octanol–water partition coefficient (Wildman–Crippen LogP) is 2.00. The van der Waals surface area contributed by atoms with Crippen molar-refractivity contribution in [2.24, 2.45) is 5.41 Å². The number of hydrogen-bond acceptors (Lipinski definition) is 4. The number of nitrogens with zero attached hydrogens (tertiary/aromatic N) is 1. The van der Waals surface area contributed by atoms with Crippen LogP contribution in [0, 0.1) is 5.41 Å². The van der Waals surface area contributed by atoms with E-state index in [9.17, 15) is 4.79 Å². The number of methoxy groups -OCH3 is 1. The van der Waals surface area contributed by atoms with Gasteiger partial charge in [-0.3, -0.25) is 0 Å². The molecule has 5 heteroatoms. The van der Waals surface area contributed by atoms with Crippen LogP contribution >= 0.6 is 0 Å². The van der Waals surface area contributed by atoms with E-state index in [1.54, 1.807) is 18.3 Å². The number of hydrogen-bond donors (Lipinski definition) is 2. The Morgan fingerprint density at radius 1 is 1.47 bits per heavy atom. The minimum atomic E-state index is -0.881. The first-order valence-corrected chi connectivity index (χ1v) is 5.34. The summed E-state index contributed by atoms with van der Waals surface area (Å²) in [5.74, 6) is -0.383. The van der Waals surface area contributed by atoms with E-state index >= 15 is 0 Å². The number of carbonyl (C=O) groups is 1. The van der Waals surface area contributed by atoms with E-state index in [2.05, 4.69) is 10.3 Å². The number of aliphatic carboxylic acids is 1. The average molecular weight is 238 g/mol. The Bertz CT molecular complexity index is 382. The van der Waals surface area contributed by atoms with E-state index in [1.807, 2.05) is 20.8 Å². The lowest BCUT2D eigenvalue weighted by molar-refractivity contribution is -0.140. The maximum Gasteiger partial charge on any atom is 0.326 e. The van der Waals surface area contributed by atoms with Gasteiger partial charge >= 0.3 is 5.97 Å². The van der Waals surface area contributed by atoms with Gasteiger partial charge in [-0.15, -0.1) is 0 Å². The van der Waals surface area contributed by atoms with Crippen molar-refractivity contribution in [2.75, 3.05) is 12.4 Å². The van der Waals surface area contributed by atoms with Crippen molar-refractivity contribution in [1.82, 2.24) is 4.98 Å². The Morgan fingerprint density at radius 3 is 2.47 bits per heavy atom. The number of aromatic nitrogens is 1. The van der Waals surface area contributed by atoms with Gasteiger partial charge in [0.15, 0.2) is 0 Å². The third kappa shape index (κ3) is 3.62. The van der Waals surface area contributed by atoms with Crippen molar-refractivity contribution in [2.45, 2.75) is 26.8 Å². The highest BCUT2D eigenvalue weighted by molar-refractivity contribution is 5.78. The quantitative estimate of drug-likeness (QED) is 0.839. The van der Waals surface area contributed by atoms with Crippen LogP contribution in [0.15, 0.2) is 18.3 Å². The molecule has 94 valence electrons. The Balaban J connectivity index is 2.83. The number of anilines is 1. The molecule has 0 fully saturated rings. The number of ether oxygens (including phenoxy) is 1. The fourth-order valence-corrected chi connectivity index (χ4v) is 1.40. The molecule has 0 spiro atoms. The number of carboxylic acid groups (broad SMARTS) is 1. The molecule has 1 aromatic heterocycles. The molecule has 1 rings (SSSR count). The second-order valence-electron chi connectivity index (χ2n) is 4.87. The summed E-state index contributed by atoms with van der Waals surface area (Å²) in [7, 11) is 1.53. The van der Waals surface area contributed by atoms with Gasteiger partial charge in [0, 0.05) is 6.07 Å². The molecule has 1 atom stereocenters. The maximum atomic E-state index is 11.2. The first kappa shape index (κ1) is 13.3. The molecule has 1 heterocycles. The lowest BCUT2D eigenvalue weighted by atomic mass is 9.86. The largest absolute Gasteiger partial charge is 0.481 e. The average Bonchev–Trinajstić information content (AvgIpc) is 2.24. The number of carboxylic acids is 1. The van der Waals surface area contributed by atoms with Crippen LogP contribution in [0.2, 0.25) is 0 Å². The minimum absolute atomic E-state index is 0.383. The second kappa shape index (κ2) is 5.03. The molecule has 0 aromatic carbocycles. The van der Waals surface area contributed by atoms with E-state index in [4.69, 9.17) is 9.84 Å². The number of pyridine rings is 1. The zero-order chi connectivity index (χ0) is 13.1. The molecule has 0 saturated carbocycles. The zero-order valence-electron chi connectivity index (χ0n) is 10.5. The molecule has 0 aliphatic carbocycles. The van der Waals surface area contributed by atoms with Gasteiger partial charge in [0.05, 0.1) is 19.0 Å². The predicted molar refractivity (Wildman–Crippen MR) is 65.3 cm³/mol. The fraction of sp³-hybridized carbons (Fsp3) is 0.500. The molecule has 1 aromatic rings. The first-order chi connectivity index (χ1) is 7.84. The fourth-order valence-electron chi connectivity index (χ4n) is 1.40. The molecule has 5 nitrogen and oxygen atoms in total. The molecular weight excluding hydrogens is 220 g/mol. The minimum Gasteiger partial charge on any atom is -0.481 e. The summed E-state index contributed by atoms with van der Waals surface area (Å²) in [6, 6.07) is 2.76. The van der Waals surface area contributed by atoms with Crippen molar-refractivity contribution < 1.29 is 14.6 Å². The van der Waals surface area contributed by atoms with Crippen molar-refractivity contribution in [1.29, 1.82) is 0 Å². The summed E-state index contributed by atoms with van der Waals surface area (Å²) in [6.07, 6.45) is 1.56. The van der Waals surface area contributed by atoms with E-state index < -0.39 is 12.0 Å². The summed E-state index contributed by atoms with van der Waals surface area (Å²) in [5, 5.41) is 12.1. The lowest BCUT2D eigenvalue weighted by Crippen LogP contribution is -2.41. The maximum absolute atomic E-state index is 11.2. The van der Waals surface area contributed by atoms with E-state index in [0.717, 1.165) is 0 Å². The number of rotatable bonds is 4. The number of nitrogens with one attached hydrogen (secondary N) is 1. The van der Waals surface area contributed by atoms with E-state index in [0.29, 0.717) is 11.6 Å². The smallest absolute Gasteiger partial charge is 0.326 e. The Kier molecular flexibility index (Phi) is 3.93. The van der Waals surface area contributed by atoms with Gasteiger partial charge in [-0.05, 0) is 11.5 Å². The zero-order valence-corrected chi connectivity index (χ0v) is 10.5. The van der Waals surface area contributed by atoms with Gasteiger partial charge in [-0.1, -0.05) is 20.8 Å². The Labute approximate surface area is 101 Å². The van der Waals surface area contributed by atoms with Crippen LogP contribution in [0.4, 0.5) is 5.69 Å². The molecular formula is C12H18N2O3. The molecule has 0 aliphatic heterocycles. The normalized spacial score (nSPS) is 12.9. The lowest BCUT2D eigenvalue weighted by Gasteiger charge is -2.28. The van der Waals surface area contributed by atoms with Crippen LogP contribution in [0.1, 0.15) is 20.8 Å². The van der Waals surface area contributed by atoms with Crippen LogP contribution in [0.25, 0.3) is 0 Å². The highest BCUT2D eigenvalue weighted by Crippen LogP contribution is 2.23. The van der Waals surface area contributed by atoms with Crippen LogP contribution in [-0.2, 0) is 4.79 Å². The molecule has 17 heavy (non-hydrogen) atoms. The monoisotopic (exact) mass is 238 g/mol. The highest BCUT2D eigenvalue weighted by Gasteiger charge is 2.31. The summed E-state index contributed by atoms with van der Waals surface area (Å²) < 4.78 is 4.93. The topological polar surface area (TPSA) is 71.5 Å². The standard InChI is InChI=1S/C12H18N2O3/c1-12(2,3)10(11(15)16)14-8-5-6-9(17-4)13-7-8/h5-7,10,14H,1-4H3,(H,15,16). The molecule has 0 bridgehead atoms. The van der Waals surface area contributed by atoms with Crippen LogP contribution in [-0.4, -0.2) is 29.2 Å². The molecule has 0 amide bonds. The molecule has 1 unspecified atom stereocenters. The van der Waals surface area contributed by atoms with Crippen LogP contribution in [0.3, 0.4) is 0 Å². The third-order valence-electron chi connectivity index (χ3n) is 2.37. The molecule has 0 radical (unpaired) electrons. The summed E-state index contributed by atoms with van der Waals surface area (Å²) >= 11 is 0. The molecule has 2 N–H and O–H groups in total. The second-order valence-corrected chi connectivity index (χ2v) is 4.87. The Hall–Kier alpha value is -1.78. The SMILES string of the molecule is COc1ccc(NC(C(=O)O)C(C)(C)C)cn1. The summed E-state index contributed by atoms with van der Waals surface area (Å²) in [6.45, 7) is 5.61. The molecule has 0 saturated heterocycles. The molecule has 0 aliphatic rings. The van der Waals surface area contributed by atoms with Gasteiger partial charge in [-0.25, -0.2) is 9.78 Å². The van der Waals surface area contributed by atoms with Gasteiger partial charge in [0.2, 0.25) is 5.88 Å². The van der Waals surface area contributed by atoms with Gasteiger partial charge in [-0.2, -0.15) is 0 Å². The van der Waals surface area contributed by atoms with Gasteiger partial charge < -0.3 is 15.2 Å². The Morgan fingerprint density at radius 2 is 2.12 bits per heavy atom. The van der Waals surface area contributed by atoms with E-state index in [-0.39, 0.29) is 5.41 Å². The van der Waals surface area contributed by atoms with Crippen molar-refractivity contribution in [3.05, 3.63) is 18.3 Å². The van der Waals surface area contributed by atoms with Crippen molar-refractivity contribution in [3.63, 3.8) is 0 Å². The van der Waals surface area contributed by atoms with Crippen LogP contribution in [0.5, 0.6) is 5.88 Å². The van der Waals surface area contributed by atoms with Crippen LogP contribution < -0.4 is 10.1 Å². The van der Waals surface area contributed by atoms with Gasteiger partial charge in [0.1, 0.15) is 6.04 Å². The van der Waals surface area contributed by atoms with Crippen molar-refractivity contribution >= 4 is 11.7 Å². The van der Waals surface area contributed by atoms with Crippen molar-refractivity contribution in [3.8, 4) is 5.88 Å². The van der Waals surface area contributed by atoms with E-state index in [1.165, 1.54) is 7.11 Å². The van der Waals surface area contributed by atoms with Gasteiger partial charge in [0.25, 0.3) is 0 Å².